The zero-order valence-electron chi connectivity index (χ0n) is 9.93. The van der Waals surface area contributed by atoms with Crippen LogP contribution >= 0.6 is 11.8 Å². The zero-order valence-corrected chi connectivity index (χ0v) is 10.8. The van der Waals surface area contributed by atoms with Crippen molar-refractivity contribution in [2.45, 2.75) is 6.42 Å². The molecule has 94 valence electrons. The van der Waals surface area contributed by atoms with E-state index in [-0.39, 0.29) is 5.69 Å². The summed E-state index contributed by atoms with van der Waals surface area (Å²) < 4.78 is 5.12. The van der Waals surface area contributed by atoms with Crippen molar-refractivity contribution in [2.75, 3.05) is 31.0 Å². The summed E-state index contributed by atoms with van der Waals surface area (Å²) in [6.45, 7) is 0.828. The molecule has 0 heterocycles. The molecule has 5 nitrogen and oxygen atoms in total. The Labute approximate surface area is 105 Å². The molecule has 0 atom stereocenters. The maximum Gasteiger partial charge on any atom is 0.273 e. The van der Waals surface area contributed by atoms with Crippen molar-refractivity contribution in [2.24, 2.45) is 0 Å². The molecule has 0 amide bonds. The van der Waals surface area contributed by atoms with E-state index in [9.17, 15) is 10.1 Å². The van der Waals surface area contributed by atoms with E-state index in [1.807, 2.05) is 0 Å². The summed E-state index contributed by atoms with van der Waals surface area (Å²) in [5.74, 6) is 1.59. The van der Waals surface area contributed by atoms with Gasteiger partial charge >= 0.3 is 0 Å². The average Bonchev–Trinajstić information content (AvgIpc) is 2.34. The van der Waals surface area contributed by atoms with Gasteiger partial charge in [0.05, 0.1) is 23.8 Å². The molecule has 0 aliphatic carbocycles. The highest BCUT2D eigenvalue weighted by molar-refractivity contribution is 7.98. The maximum absolute atomic E-state index is 10.6. The molecule has 0 fully saturated rings. The number of nitro groups is 1. The molecule has 6 heteroatoms. The summed E-state index contributed by atoms with van der Waals surface area (Å²) in [6.07, 6.45) is 3.10. The Kier molecular flexibility index (Phi) is 5.62. The molecular formula is C11H16N2O3S. The van der Waals surface area contributed by atoms with E-state index in [2.05, 4.69) is 11.6 Å². The van der Waals surface area contributed by atoms with Crippen LogP contribution in [0.15, 0.2) is 18.2 Å². The number of anilines is 1. The first-order chi connectivity index (χ1) is 8.19. The fourth-order valence-electron chi connectivity index (χ4n) is 1.38. The summed E-state index contributed by atoms with van der Waals surface area (Å²) in [4.78, 5) is 10.2. The third-order valence-electron chi connectivity index (χ3n) is 2.24. The third kappa shape index (κ3) is 4.14. The lowest BCUT2D eigenvalue weighted by atomic mass is 10.2. The highest BCUT2D eigenvalue weighted by Crippen LogP contribution is 2.28. The van der Waals surface area contributed by atoms with Crippen molar-refractivity contribution < 1.29 is 9.66 Å². The number of rotatable bonds is 7. The predicted molar refractivity (Wildman–Crippen MR) is 71.1 cm³/mol. The van der Waals surface area contributed by atoms with Crippen LogP contribution in [0.25, 0.3) is 0 Å². The lowest BCUT2D eigenvalue weighted by Gasteiger charge is -2.10. The fourth-order valence-corrected chi connectivity index (χ4v) is 1.81. The Morgan fingerprint density at radius 2 is 2.29 bits per heavy atom. The molecule has 17 heavy (non-hydrogen) atoms. The van der Waals surface area contributed by atoms with Crippen molar-refractivity contribution >= 4 is 23.1 Å². The van der Waals surface area contributed by atoms with Crippen molar-refractivity contribution in [3.05, 3.63) is 28.3 Å². The fraction of sp³-hybridized carbons (Fsp3) is 0.455. The van der Waals surface area contributed by atoms with Crippen LogP contribution in [0.2, 0.25) is 0 Å². The molecule has 0 aliphatic rings. The lowest BCUT2D eigenvalue weighted by molar-refractivity contribution is -0.384. The van der Waals surface area contributed by atoms with Gasteiger partial charge in [0.15, 0.2) is 0 Å². The van der Waals surface area contributed by atoms with Crippen LogP contribution in [0.3, 0.4) is 0 Å². The van der Waals surface area contributed by atoms with Crippen molar-refractivity contribution in [3.8, 4) is 5.75 Å². The van der Waals surface area contributed by atoms with Gasteiger partial charge < -0.3 is 10.1 Å². The normalized spacial score (nSPS) is 10.0. The van der Waals surface area contributed by atoms with E-state index < -0.39 is 4.92 Å². The van der Waals surface area contributed by atoms with Gasteiger partial charge in [0.25, 0.3) is 5.69 Å². The van der Waals surface area contributed by atoms with Gasteiger partial charge in [-0.3, -0.25) is 10.1 Å². The number of benzene rings is 1. The van der Waals surface area contributed by atoms with Crippen molar-refractivity contribution in [1.82, 2.24) is 0 Å². The lowest BCUT2D eigenvalue weighted by Crippen LogP contribution is -2.04. The van der Waals surface area contributed by atoms with Gasteiger partial charge in [-0.1, -0.05) is 0 Å². The molecule has 1 rings (SSSR count). The highest BCUT2D eigenvalue weighted by Gasteiger charge is 2.10. The van der Waals surface area contributed by atoms with E-state index in [0.29, 0.717) is 5.75 Å². The summed E-state index contributed by atoms with van der Waals surface area (Å²) in [5, 5.41) is 13.8. The van der Waals surface area contributed by atoms with E-state index in [1.165, 1.54) is 19.2 Å². The zero-order chi connectivity index (χ0) is 12.7. The predicted octanol–water partition coefficient (Wildman–Crippen LogP) is 2.77. The van der Waals surface area contributed by atoms with Gasteiger partial charge in [0, 0.05) is 12.6 Å². The number of hydrogen-bond donors (Lipinski definition) is 1. The Morgan fingerprint density at radius 3 is 2.88 bits per heavy atom. The first-order valence-corrected chi connectivity index (χ1v) is 6.63. The number of nitrogens with one attached hydrogen (secondary N) is 1. The topological polar surface area (TPSA) is 64.4 Å². The number of ether oxygens (including phenoxy) is 1. The molecule has 1 aromatic carbocycles. The van der Waals surface area contributed by atoms with Crippen molar-refractivity contribution in [1.29, 1.82) is 0 Å². The largest absolute Gasteiger partial charge is 0.494 e. The summed E-state index contributed by atoms with van der Waals surface area (Å²) in [6, 6.07) is 4.58. The number of thioether (sulfide) groups is 1. The van der Waals surface area contributed by atoms with Crippen LogP contribution < -0.4 is 10.1 Å². The molecule has 0 saturated carbocycles. The minimum absolute atomic E-state index is 0.0384. The quantitative estimate of drug-likeness (QED) is 0.461. The van der Waals surface area contributed by atoms with Crippen LogP contribution in [0.1, 0.15) is 6.42 Å². The Balaban J connectivity index is 2.68. The molecule has 1 aromatic rings. The first kappa shape index (κ1) is 13.6. The first-order valence-electron chi connectivity index (χ1n) is 5.24. The standard InChI is InChI=1S/C11H16N2O3S/c1-16-11-8-9(13(14)15)4-5-10(11)12-6-3-7-17-2/h4-5,8,12H,3,6-7H2,1-2H3. The Hall–Kier alpha value is -1.43. The Bertz CT molecular complexity index is 385. The van der Waals surface area contributed by atoms with E-state index in [0.717, 1.165) is 24.4 Å². The van der Waals surface area contributed by atoms with Gasteiger partial charge in [0.1, 0.15) is 5.75 Å². The van der Waals surface area contributed by atoms with E-state index in [4.69, 9.17) is 4.74 Å². The molecule has 0 radical (unpaired) electrons. The second-order valence-corrected chi connectivity index (χ2v) is 4.40. The van der Waals surface area contributed by atoms with Gasteiger partial charge in [0.2, 0.25) is 0 Å². The van der Waals surface area contributed by atoms with E-state index in [1.54, 1.807) is 17.8 Å². The minimum Gasteiger partial charge on any atom is -0.494 e. The number of non-ortho nitro benzene ring substituents is 1. The van der Waals surface area contributed by atoms with Crippen LogP contribution in [-0.2, 0) is 0 Å². The smallest absolute Gasteiger partial charge is 0.273 e. The molecule has 0 unspecified atom stereocenters. The maximum atomic E-state index is 10.6. The number of nitro benzene ring substituents is 1. The summed E-state index contributed by atoms with van der Waals surface area (Å²) >= 11 is 1.79. The highest BCUT2D eigenvalue weighted by atomic mass is 32.2. The number of hydrogen-bond acceptors (Lipinski definition) is 5. The van der Waals surface area contributed by atoms with Gasteiger partial charge in [-0.25, -0.2) is 0 Å². The molecule has 0 aromatic heterocycles. The second kappa shape index (κ2) is 7.01. The van der Waals surface area contributed by atoms with E-state index >= 15 is 0 Å². The summed E-state index contributed by atoms with van der Waals surface area (Å²) in [7, 11) is 1.51. The van der Waals surface area contributed by atoms with Crippen molar-refractivity contribution in [3.63, 3.8) is 0 Å². The van der Waals surface area contributed by atoms with Gasteiger partial charge in [-0.15, -0.1) is 0 Å². The minimum atomic E-state index is -0.431. The molecule has 0 bridgehead atoms. The monoisotopic (exact) mass is 256 g/mol. The SMILES string of the molecule is COc1cc([N+](=O)[O-])ccc1NCCCSC. The molecule has 0 saturated heterocycles. The third-order valence-corrected chi connectivity index (χ3v) is 2.93. The molecular weight excluding hydrogens is 240 g/mol. The number of methoxy groups -OCH3 is 1. The second-order valence-electron chi connectivity index (χ2n) is 3.41. The van der Waals surface area contributed by atoms with Gasteiger partial charge in [-0.2, -0.15) is 11.8 Å². The van der Waals surface area contributed by atoms with Crippen LogP contribution in [0.5, 0.6) is 5.75 Å². The molecule has 0 spiro atoms. The van der Waals surface area contributed by atoms with Crippen LogP contribution in [0.4, 0.5) is 11.4 Å². The van der Waals surface area contributed by atoms with Crippen LogP contribution in [0, 0.1) is 10.1 Å². The molecule has 0 aliphatic heterocycles. The van der Waals surface area contributed by atoms with Crippen LogP contribution in [-0.4, -0.2) is 30.6 Å². The Morgan fingerprint density at radius 1 is 1.53 bits per heavy atom. The molecule has 1 N–H and O–H groups in total. The summed E-state index contributed by atoms with van der Waals surface area (Å²) in [5.41, 5.74) is 0.829. The van der Waals surface area contributed by atoms with Gasteiger partial charge in [-0.05, 0) is 24.5 Å². The number of nitrogens with zero attached hydrogens (tertiary/aromatic N) is 1. The average molecular weight is 256 g/mol.